The van der Waals surface area contributed by atoms with Gasteiger partial charge in [0.05, 0.1) is 11.1 Å². The highest BCUT2D eigenvalue weighted by molar-refractivity contribution is 7.90. The molecule has 0 spiro atoms. The summed E-state index contributed by atoms with van der Waals surface area (Å²) in [6, 6.07) is 2.63. The summed E-state index contributed by atoms with van der Waals surface area (Å²) in [4.78, 5) is 31.8. The molecule has 1 N–H and O–H groups in total. The summed E-state index contributed by atoms with van der Waals surface area (Å²) in [6.07, 6.45) is 4.69. The molecule has 1 saturated carbocycles. The Kier molecular flexibility index (Phi) is 6.65. The second kappa shape index (κ2) is 9.22. The lowest BCUT2D eigenvalue weighted by Crippen LogP contribution is -2.49. The minimum atomic E-state index is -3.62. The van der Waals surface area contributed by atoms with E-state index in [1.54, 1.807) is 6.92 Å². The predicted octanol–water partition coefficient (Wildman–Crippen LogP) is 3.68. The van der Waals surface area contributed by atoms with Crippen LogP contribution in [0.15, 0.2) is 35.5 Å². The number of aromatic nitrogens is 1. The van der Waals surface area contributed by atoms with E-state index in [1.807, 2.05) is 0 Å². The molecule has 1 aromatic heterocycles. The number of nitrogens with zero attached hydrogens (tertiary/aromatic N) is 2. The van der Waals surface area contributed by atoms with Gasteiger partial charge < -0.3 is 10.2 Å². The van der Waals surface area contributed by atoms with Gasteiger partial charge in [0.2, 0.25) is 5.91 Å². The number of pyridine rings is 1. The van der Waals surface area contributed by atoms with Crippen LogP contribution in [0.25, 0.3) is 0 Å². The average Bonchev–Trinajstić information content (AvgIpc) is 3.55. The van der Waals surface area contributed by atoms with E-state index in [4.69, 9.17) is 11.6 Å². The minimum Gasteiger partial charge on any atom is -0.347 e. The van der Waals surface area contributed by atoms with Gasteiger partial charge in [-0.2, -0.15) is 0 Å². The Bertz CT molecular complexity index is 1250. The van der Waals surface area contributed by atoms with Crippen LogP contribution in [0.5, 0.6) is 0 Å². The van der Waals surface area contributed by atoms with Gasteiger partial charge in [-0.1, -0.05) is 11.6 Å². The van der Waals surface area contributed by atoms with Crippen LogP contribution in [0.2, 0.25) is 5.02 Å². The molecule has 2 amide bonds. The first-order valence-electron chi connectivity index (χ1n) is 10.9. The van der Waals surface area contributed by atoms with E-state index in [0.29, 0.717) is 12.8 Å². The maximum Gasteiger partial charge on any atom is 0.254 e. The van der Waals surface area contributed by atoms with E-state index < -0.39 is 45.4 Å². The fraction of sp³-hybridized carbons (Fsp3) is 0.435. The fourth-order valence-electron chi connectivity index (χ4n) is 4.38. The van der Waals surface area contributed by atoms with E-state index in [1.165, 1.54) is 23.2 Å². The fourth-order valence-corrected chi connectivity index (χ4v) is 5.13. The number of carbonyl (C=O) groups excluding carboxylic acids is 2. The molecule has 1 saturated heterocycles. The smallest absolute Gasteiger partial charge is 0.254 e. The number of likely N-dealkylation sites (tertiary alicyclic amines) is 1. The summed E-state index contributed by atoms with van der Waals surface area (Å²) in [5, 5.41) is 2.25. The number of benzene rings is 1. The molecule has 0 radical (unpaired) electrons. The highest BCUT2D eigenvalue weighted by atomic mass is 35.5. The summed E-state index contributed by atoms with van der Waals surface area (Å²) >= 11 is 5.67. The van der Waals surface area contributed by atoms with E-state index >= 15 is 0 Å². The maximum atomic E-state index is 14.6. The van der Waals surface area contributed by atoms with Gasteiger partial charge in [0, 0.05) is 29.6 Å². The molecule has 2 aromatic rings. The molecule has 3 atom stereocenters. The highest BCUT2D eigenvalue weighted by Gasteiger charge is 2.42. The molecule has 1 aliphatic carbocycles. The quantitative estimate of drug-likeness (QED) is 0.597. The normalized spacial score (nSPS) is 21.4. The van der Waals surface area contributed by atoms with Crippen molar-refractivity contribution >= 4 is 33.3 Å². The lowest BCUT2D eigenvalue weighted by molar-refractivity contribution is -0.126. The van der Waals surface area contributed by atoms with Crippen molar-refractivity contribution in [1.29, 1.82) is 0 Å². The van der Waals surface area contributed by atoms with Crippen LogP contribution in [-0.2, 0) is 14.6 Å². The minimum absolute atomic E-state index is 0.0219. The Morgan fingerprint density at radius 3 is 2.50 bits per heavy atom. The number of rotatable bonds is 6. The number of carbonyl (C=O) groups is 2. The summed E-state index contributed by atoms with van der Waals surface area (Å²) in [7, 11) is -3.62. The van der Waals surface area contributed by atoms with Crippen LogP contribution < -0.4 is 5.32 Å². The van der Waals surface area contributed by atoms with E-state index in [2.05, 4.69) is 10.3 Å². The van der Waals surface area contributed by atoms with Gasteiger partial charge in [-0.15, -0.1) is 0 Å². The lowest BCUT2D eigenvalue weighted by Gasteiger charge is -2.30. The summed E-state index contributed by atoms with van der Waals surface area (Å²) < 4.78 is 52.3. The molecule has 34 heavy (non-hydrogen) atoms. The Morgan fingerprint density at radius 2 is 1.85 bits per heavy atom. The van der Waals surface area contributed by atoms with Crippen LogP contribution in [0.3, 0.4) is 0 Å². The first kappa shape index (κ1) is 24.5. The Morgan fingerprint density at radius 1 is 1.15 bits per heavy atom. The molecule has 2 aliphatic rings. The third kappa shape index (κ3) is 4.93. The Balaban J connectivity index is 1.59. The van der Waals surface area contributed by atoms with Crippen molar-refractivity contribution in [1.82, 2.24) is 15.2 Å². The molecule has 1 aromatic carbocycles. The zero-order valence-electron chi connectivity index (χ0n) is 18.6. The van der Waals surface area contributed by atoms with Gasteiger partial charge >= 0.3 is 0 Å². The molecule has 7 nitrogen and oxygen atoms in total. The van der Waals surface area contributed by atoms with Crippen molar-refractivity contribution in [2.75, 3.05) is 6.26 Å². The maximum absolute atomic E-state index is 14.6. The van der Waals surface area contributed by atoms with Crippen LogP contribution in [0.1, 0.15) is 54.6 Å². The highest BCUT2D eigenvalue weighted by Crippen LogP contribution is 2.43. The van der Waals surface area contributed by atoms with Gasteiger partial charge in [0.1, 0.15) is 17.7 Å². The molecule has 182 valence electrons. The Labute approximate surface area is 201 Å². The molecule has 2 heterocycles. The van der Waals surface area contributed by atoms with Crippen molar-refractivity contribution in [3.63, 3.8) is 0 Å². The molecular formula is C23H24ClF2N3O4S. The van der Waals surface area contributed by atoms with Crippen molar-refractivity contribution < 1.29 is 26.8 Å². The van der Waals surface area contributed by atoms with Crippen LogP contribution >= 0.6 is 11.6 Å². The SMILES string of the molecule is C[C@@H]1CC[C@H](C(=O)N[C@@H](c2cc(F)c(Cl)cc2F)C2CC2)N1C(=O)c1ccnc(S(C)(=O)=O)c1. The number of hydrogen-bond donors (Lipinski definition) is 1. The summed E-state index contributed by atoms with van der Waals surface area (Å²) in [5.74, 6) is -2.49. The summed E-state index contributed by atoms with van der Waals surface area (Å²) in [5.41, 5.74) is 0.125. The number of sulfone groups is 1. The summed E-state index contributed by atoms with van der Waals surface area (Å²) in [6.45, 7) is 1.80. The standard InChI is InChI=1S/C23H24ClF2N3O4S/c1-12-3-6-19(29(12)23(31)14-7-8-27-20(9-14)34(2,32)33)22(30)28-21(13-4-5-13)15-10-18(26)16(24)11-17(15)25/h7-13,19,21H,3-6H2,1-2H3,(H,28,30)/t12-,19-,21-/m1/s1. The van der Waals surface area contributed by atoms with Crippen LogP contribution in [0, 0.1) is 17.6 Å². The second-order valence-electron chi connectivity index (χ2n) is 8.92. The predicted molar refractivity (Wildman–Crippen MR) is 121 cm³/mol. The lowest BCUT2D eigenvalue weighted by atomic mass is 10.0. The van der Waals surface area contributed by atoms with Gasteiger partial charge in [0.25, 0.3) is 5.91 Å². The van der Waals surface area contributed by atoms with Crippen molar-refractivity contribution in [3.8, 4) is 0 Å². The first-order valence-corrected chi connectivity index (χ1v) is 13.2. The van der Waals surface area contributed by atoms with E-state index in [0.717, 1.165) is 31.2 Å². The molecule has 0 bridgehead atoms. The zero-order valence-corrected chi connectivity index (χ0v) is 20.2. The van der Waals surface area contributed by atoms with E-state index in [9.17, 15) is 26.8 Å². The average molecular weight is 512 g/mol. The molecule has 11 heteroatoms. The third-order valence-corrected chi connectivity index (χ3v) is 7.61. The molecule has 0 unspecified atom stereocenters. The van der Waals surface area contributed by atoms with Crippen molar-refractivity contribution in [2.24, 2.45) is 5.92 Å². The number of amides is 2. The van der Waals surface area contributed by atoms with Crippen LogP contribution in [-0.4, -0.2) is 48.5 Å². The largest absolute Gasteiger partial charge is 0.347 e. The molecule has 4 rings (SSSR count). The van der Waals surface area contributed by atoms with Gasteiger partial charge in [-0.25, -0.2) is 22.2 Å². The molecular weight excluding hydrogens is 488 g/mol. The number of halogens is 3. The second-order valence-corrected chi connectivity index (χ2v) is 11.3. The molecule has 2 fully saturated rings. The van der Waals surface area contributed by atoms with Gasteiger partial charge in [-0.3, -0.25) is 9.59 Å². The van der Waals surface area contributed by atoms with Gasteiger partial charge in [-0.05, 0) is 62.8 Å². The Hall–Kier alpha value is -2.59. The van der Waals surface area contributed by atoms with Crippen LogP contribution in [0.4, 0.5) is 8.78 Å². The zero-order chi connectivity index (χ0) is 24.8. The first-order chi connectivity index (χ1) is 16.0. The topological polar surface area (TPSA) is 96.4 Å². The number of hydrogen-bond acceptors (Lipinski definition) is 5. The van der Waals surface area contributed by atoms with Gasteiger partial charge in [0.15, 0.2) is 14.9 Å². The third-order valence-electron chi connectivity index (χ3n) is 6.33. The molecule has 1 aliphatic heterocycles. The van der Waals surface area contributed by atoms with Crippen molar-refractivity contribution in [3.05, 3.63) is 58.2 Å². The van der Waals surface area contributed by atoms with Crippen molar-refractivity contribution in [2.45, 2.75) is 55.8 Å². The number of nitrogens with one attached hydrogen (secondary N) is 1. The monoisotopic (exact) mass is 511 g/mol. The van der Waals surface area contributed by atoms with E-state index in [-0.39, 0.29) is 33.1 Å².